The summed E-state index contributed by atoms with van der Waals surface area (Å²) in [5.41, 5.74) is 4.56. The van der Waals surface area contributed by atoms with Crippen LogP contribution in [0.3, 0.4) is 0 Å². The summed E-state index contributed by atoms with van der Waals surface area (Å²) in [6.07, 6.45) is 7.84. The molecule has 0 nitrogen and oxygen atoms in total. The van der Waals surface area contributed by atoms with Crippen molar-refractivity contribution < 1.29 is 0 Å². The van der Waals surface area contributed by atoms with Gasteiger partial charge in [0, 0.05) is 0 Å². The molecular weight excluding hydrogens is 192 g/mol. The highest BCUT2D eigenvalue weighted by atomic mass is 14.5. The summed E-state index contributed by atoms with van der Waals surface area (Å²) in [5.74, 6) is 0. The molecule has 0 radical (unpaired) electrons. The first-order valence-electron chi connectivity index (χ1n) is 7.16. The molecule has 0 bridgehead atoms. The zero-order chi connectivity index (χ0) is 12.4. The van der Waals surface area contributed by atoms with E-state index in [0.717, 1.165) is 0 Å². The fraction of sp³-hybridized carbons (Fsp3) is 0.875. The van der Waals surface area contributed by atoms with Gasteiger partial charge < -0.3 is 0 Å². The molecule has 0 heteroatoms. The Bertz CT molecular complexity index is 246. The van der Waals surface area contributed by atoms with Crippen LogP contribution in [-0.4, -0.2) is 0 Å². The average molecular weight is 222 g/mol. The number of allylic oxidation sites excluding steroid dienone is 2. The highest BCUT2D eigenvalue weighted by Crippen LogP contribution is 2.56. The maximum Gasteiger partial charge on any atom is -0.0234 e. The molecule has 1 aliphatic rings. The molecule has 0 amide bonds. The van der Waals surface area contributed by atoms with E-state index in [0.29, 0.717) is 10.8 Å². The van der Waals surface area contributed by atoms with Crippen LogP contribution in [0.15, 0.2) is 11.1 Å². The van der Waals surface area contributed by atoms with E-state index in [1.165, 1.54) is 38.5 Å². The van der Waals surface area contributed by atoms with Crippen LogP contribution >= 0.6 is 0 Å². The molecule has 1 rings (SSSR count). The smallest absolute Gasteiger partial charge is 0.0234 e. The fourth-order valence-electron chi connectivity index (χ4n) is 3.47. The molecule has 0 heterocycles. The second-order valence-electron chi connectivity index (χ2n) is 6.10. The summed E-state index contributed by atoms with van der Waals surface area (Å²) < 4.78 is 0. The third-order valence-corrected chi connectivity index (χ3v) is 5.58. The van der Waals surface area contributed by atoms with Crippen LogP contribution in [0.2, 0.25) is 0 Å². The topological polar surface area (TPSA) is 0 Å². The molecule has 1 aliphatic carbocycles. The lowest BCUT2D eigenvalue weighted by atomic mass is 9.54. The summed E-state index contributed by atoms with van der Waals surface area (Å²) in [4.78, 5) is 0. The largest absolute Gasteiger partial charge is 0.0707 e. The molecule has 0 aromatic rings. The van der Waals surface area contributed by atoms with E-state index in [1.807, 2.05) is 0 Å². The van der Waals surface area contributed by atoms with Crippen molar-refractivity contribution in [1.82, 2.24) is 0 Å². The third kappa shape index (κ3) is 2.08. The Kier molecular flexibility index (Phi) is 4.26. The van der Waals surface area contributed by atoms with Crippen LogP contribution in [0.25, 0.3) is 0 Å². The van der Waals surface area contributed by atoms with Gasteiger partial charge in [-0.2, -0.15) is 0 Å². The van der Waals surface area contributed by atoms with Crippen molar-refractivity contribution in [3.05, 3.63) is 11.1 Å². The van der Waals surface area contributed by atoms with E-state index in [9.17, 15) is 0 Å². The summed E-state index contributed by atoms with van der Waals surface area (Å²) in [6, 6.07) is 0. The summed E-state index contributed by atoms with van der Waals surface area (Å²) in [6.45, 7) is 14.4. The van der Waals surface area contributed by atoms with E-state index in [-0.39, 0.29) is 0 Å². The van der Waals surface area contributed by atoms with Gasteiger partial charge in [0.15, 0.2) is 0 Å². The molecule has 0 saturated heterocycles. The summed E-state index contributed by atoms with van der Waals surface area (Å²) >= 11 is 0. The van der Waals surface area contributed by atoms with Gasteiger partial charge in [0.05, 0.1) is 0 Å². The Morgan fingerprint density at radius 2 is 1.06 bits per heavy atom. The second kappa shape index (κ2) is 4.94. The van der Waals surface area contributed by atoms with Gasteiger partial charge in [-0.1, -0.05) is 52.7 Å². The van der Waals surface area contributed by atoms with E-state index < -0.39 is 0 Å². The first-order chi connectivity index (χ1) is 7.46. The lowest BCUT2D eigenvalue weighted by Crippen LogP contribution is -2.40. The highest BCUT2D eigenvalue weighted by Gasteiger charge is 2.45. The molecule has 94 valence electrons. The summed E-state index contributed by atoms with van der Waals surface area (Å²) in [7, 11) is 0. The molecule has 16 heavy (non-hydrogen) atoms. The zero-order valence-electron chi connectivity index (χ0n) is 12.2. The van der Waals surface area contributed by atoms with Gasteiger partial charge in [-0.15, -0.1) is 0 Å². The van der Waals surface area contributed by atoms with Crippen molar-refractivity contribution in [2.24, 2.45) is 10.8 Å². The van der Waals surface area contributed by atoms with Crippen LogP contribution < -0.4 is 0 Å². The minimum absolute atomic E-state index is 0.520. The maximum atomic E-state index is 2.51. The minimum Gasteiger partial charge on any atom is -0.0707 e. The Labute approximate surface area is 103 Å². The molecule has 0 aliphatic heterocycles. The quantitative estimate of drug-likeness (QED) is 0.533. The van der Waals surface area contributed by atoms with Crippen LogP contribution in [0.5, 0.6) is 0 Å². The lowest BCUT2D eigenvalue weighted by molar-refractivity contribution is 0.0454. The van der Waals surface area contributed by atoms with Gasteiger partial charge in [0.25, 0.3) is 0 Å². The molecule has 2 unspecified atom stereocenters. The number of hydrogen-bond acceptors (Lipinski definition) is 0. The van der Waals surface area contributed by atoms with Gasteiger partial charge >= 0.3 is 0 Å². The molecule has 0 N–H and O–H groups in total. The van der Waals surface area contributed by atoms with Gasteiger partial charge in [0.1, 0.15) is 0 Å². The first kappa shape index (κ1) is 13.8. The Morgan fingerprint density at radius 1 is 0.750 bits per heavy atom. The predicted molar refractivity (Wildman–Crippen MR) is 73.6 cm³/mol. The number of hydrogen-bond donors (Lipinski definition) is 0. The summed E-state index contributed by atoms with van der Waals surface area (Å²) in [5, 5.41) is 0. The van der Waals surface area contributed by atoms with Crippen molar-refractivity contribution in [3.8, 4) is 0 Å². The molecule has 0 aromatic carbocycles. The standard InChI is InChI=1S/C16H30/c1-7-13-11-15(5,9-3)16(6,10-4)12-14(13)8-2/h7-12H2,1-6H3. The van der Waals surface area contributed by atoms with Crippen molar-refractivity contribution in [2.45, 2.75) is 80.1 Å². The molecule has 2 atom stereocenters. The second-order valence-corrected chi connectivity index (χ2v) is 6.10. The van der Waals surface area contributed by atoms with Crippen LogP contribution in [-0.2, 0) is 0 Å². The average Bonchev–Trinajstić information content (AvgIpc) is 2.31. The van der Waals surface area contributed by atoms with Crippen molar-refractivity contribution in [2.75, 3.05) is 0 Å². The van der Waals surface area contributed by atoms with Crippen molar-refractivity contribution in [3.63, 3.8) is 0 Å². The highest BCUT2D eigenvalue weighted by molar-refractivity contribution is 5.23. The maximum absolute atomic E-state index is 2.51. The van der Waals surface area contributed by atoms with E-state index >= 15 is 0 Å². The first-order valence-corrected chi connectivity index (χ1v) is 7.16. The molecule has 0 aromatic heterocycles. The molecule has 0 spiro atoms. The van der Waals surface area contributed by atoms with Gasteiger partial charge in [0.2, 0.25) is 0 Å². The Balaban J connectivity index is 3.12. The SMILES string of the molecule is CCC1=C(CC)CC(C)(CC)C(C)(CC)C1. The fourth-order valence-corrected chi connectivity index (χ4v) is 3.47. The lowest BCUT2D eigenvalue weighted by Gasteiger charge is -2.51. The van der Waals surface area contributed by atoms with Gasteiger partial charge in [-0.05, 0) is 49.4 Å². The Morgan fingerprint density at radius 3 is 1.25 bits per heavy atom. The monoisotopic (exact) mass is 222 g/mol. The van der Waals surface area contributed by atoms with Crippen LogP contribution in [0.1, 0.15) is 80.1 Å². The van der Waals surface area contributed by atoms with Crippen molar-refractivity contribution >= 4 is 0 Å². The molecular formula is C16H30. The van der Waals surface area contributed by atoms with Crippen LogP contribution in [0.4, 0.5) is 0 Å². The Hall–Kier alpha value is -0.260. The van der Waals surface area contributed by atoms with E-state index in [2.05, 4.69) is 41.5 Å². The molecule has 0 saturated carbocycles. The normalized spacial score (nSPS) is 35.6. The van der Waals surface area contributed by atoms with E-state index in [4.69, 9.17) is 0 Å². The third-order valence-electron chi connectivity index (χ3n) is 5.58. The van der Waals surface area contributed by atoms with Gasteiger partial charge in [-0.3, -0.25) is 0 Å². The van der Waals surface area contributed by atoms with Crippen molar-refractivity contribution in [1.29, 1.82) is 0 Å². The van der Waals surface area contributed by atoms with Gasteiger partial charge in [-0.25, -0.2) is 0 Å². The van der Waals surface area contributed by atoms with Crippen LogP contribution in [0, 0.1) is 10.8 Å². The minimum atomic E-state index is 0.520. The zero-order valence-corrected chi connectivity index (χ0v) is 12.2. The molecule has 0 fully saturated rings. The number of rotatable bonds is 4. The predicted octanol–water partition coefficient (Wildman–Crippen LogP) is 5.73. The van der Waals surface area contributed by atoms with E-state index in [1.54, 1.807) is 11.1 Å².